The number of methoxy groups -OCH3 is 1. The molecule has 2 N–H and O–H groups in total. The van der Waals surface area contributed by atoms with Crippen LogP contribution in [-0.2, 0) is 9.53 Å². The minimum atomic E-state index is -0.526. The van der Waals surface area contributed by atoms with E-state index >= 15 is 0 Å². The number of amidine groups is 1. The second-order valence-corrected chi connectivity index (χ2v) is 12.5. The van der Waals surface area contributed by atoms with Crippen molar-refractivity contribution in [1.29, 1.82) is 0 Å². The molecule has 0 unspecified atom stereocenters. The molecule has 8 atom stereocenters. The molecular weight excluding hydrogens is 416 g/mol. The van der Waals surface area contributed by atoms with Crippen LogP contribution in [0.3, 0.4) is 0 Å². The molecule has 1 heterocycles. The lowest BCUT2D eigenvalue weighted by Crippen LogP contribution is -2.58. The maximum Gasteiger partial charge on any atom is 0.159 e. The van der Waals surface area contributed by atoms with Gasteiger partial charge < -0.3 is 9.84 Å². The standard InChI is InChI=1S/C26H44N4O3/c1-17-27-30(28-29(17)4)15-23(31)22-9-8-20-19-7-6-18-14-24(2,32)12-13-26(18,16-33-5)21(19)10-11-25(20,22)3/h18-22,28,32H,6-16H2,1-5H3/t18-,19+,20+,21+,22-,24-,25+,26-/m1/s1. The van der Waals surface area contributed by atoms with Crippen LogP contribution in [-0.4, -0.2) is 59.8 Å². The first-order valence-electron chi connectivity index (χ1n) is 13.2. The van der Waals surface area contributed by atoms with Crippen LogP contribution in [0.4, 0.5) is 0 Å². The van der Waals surface area contributed by atoms with Crippen molar-refractivity contribution in [2.75, 3.05) is 27.3 Å². The number of hydrogen-bond donors (Lipinski definition) is 2. The van der Waals surface area contributed by atoms with Crippen molar-refractivity contribution in [1.82, 2.24) is 15.7 Å². The van der Waals surface area contributed by atoms with Crippen molar-refractivity contribution in [2.45, 2.75) is 84.2 Å². The number of rotatable bonds is 5. The molecule has 0 saturated heterocycles. The molecule has 0 radical (unpaired) electrons. The fourth-order valence-electron chi connectivity index (χ4n) is 9.15. The highest BCUT2D eigenvalue weighted by atomic mass is 16.5. The van der Waals surface area contributed by atoms with Gasteiger partial charge in [-0.05, 0) is 106 Å². The monoisotopic (exact) mass is 460 g/mol. The van der Waals surface area contributed by atoms with Crippen LogP contribution >= 0.6 is 0 Å². The van der Waals surface area contributed by atoms with Gasteiger partial charge in [0, 0.05) is 20.1 Å². The SMILES string of the molecule is COC[C@]12CC[C@@](C)(O)C[C@H]1CC[C@H]1[C@@H]3CC[C@H](C(=O)CN4N=C(C)N(C)N4)[C@@]3(C)CC[C@@H]12. The van der Waals surface area contributed by atoms with Gasteiger partial charge in [-0.1, -0.05) is 6.92 Å². The Labute approximate surface area is 199 Å². The minimum absolute atomic E-state index is 0.101. The summed E-state index contributed by atoms with van der Waals surface area (Å²) in [5, 5.41) is 18.9. The van der Waals surface area contributed by atoms with E-state index in [1.165, 1.54) is 25.7 Å². The number of hydrazone groups is 1. The maximum atomic E-state index is 13.5. The number of ether oxygens (including phenoxy) is 1. The van der Waals surface area contributed by atoms with Gasteiger partial charge in [0.05, 0.1) is 12.2 Å². The number of carbonyl (C=O) groups excluding carboxylic acids is 1. The summed E-state index contributed by atoms with van der Waals surface area (Å²) < 4.78 is 5.88. The molecule has 0 amide bonds. The highest BCUT2D eigenvalue weighted by molar-refractivity contribution is 5.85. The Morgan fingerprint density at radius 2 is 1.94 bits per heavy atom. The Morgan fingerprint density at radius 1 is 1.15 bits per heavy atom. The van der Waals surface area contributed by atoms with Gasteiger partial charge in [-0.25, -0.2) is 5.12 Å². The van der Waals surface area contributed by atoms with E-state index in [0.717, 1.165) is 44.5 Å². The predicted octanol–water partition coefficient (Wildman–Crippen LogP) is 3.59. The third-order valence-electron chi connectivity index (χ3n) is 10.8. The summed E-state index contributed by atoms with van der Waals surface area (Å²) in [7, 11) is 3.78. The van der Waals surface area contributed by atoms with Crippen molar-refractivity contribution in [2.24, 2.45) is 45.5 Å². The molecule has 4 aliphatic carbocycles. The van der Waals surface area contributed by atoms with E-state index in [9.17, 15) is 9.90 Å². The van der Waals surface area contributed by atoms with Crippen LogP contribution in [0.5, 0.6) is 0 Å². The first kappa shape index (κ1) is 23.6. The molecule has 186 valence electrons. The lowest BCUT2D eigenvalue weighted by Gasteiger charge is -2.62. The number of fused-ring (bicyclic) bond motifs is 5. The normalized spacial score (nSPS) is 47.1. The van der Waals surface area contributed by atoms with E-state index in [1.807, 2.05) is 33.0 Å². The van der Waals surface area contributed by atoms with Crippen molar-refractivity contribution in [3.05, 3.63) is 0 Å². The Hall–Kier alpha value is -1.18. The summed E-state index contributed by atoms with van der Waals surface area (Å²) in [4.78, 5) is 13.5. The second kappa shape index (κ2) is 8.20. The van der Waals surface area contributed by atoms with Gasteiger partial charge in [0.15, 0.2) is 5.78 Å². The summed E-state index contributed by atoms with van der Waals surface area (Å²) >= 11 is 0. The third-order valence-corrected chi connectivity index (χ3v) is 10.8. The van der Waals surface area contributed by atoms with Crippen LogP contribution in [0, 0.1) is 40.4 Å². The zero-order chi connectivity index (χ0) is 23.6. The summed E-state index contributed by atoms with van der Waals surface area (Å²) in [6, 6.07) is 0. The van der Waals surface area contributed by atoms with Crippen molar-refractivity contribution < 1.29 is 14.6 Å². The quantitative estimate of drug-likeness (QED) is 0.653. The zero-order valence-electron chi connectivity index (χ0n) is 21.3. The van der Waals surface area contributed by atoms with E-state index in [4.69, 9.17) is 4.74 Å². The largest absolute Gasteiger partial charge is 0.390 e. The van der Waals surface area contributed by atoms with Crippen LogP contribution < -0.4 is 5.53 Å². The Kier molecular flexibility index (Phi) is 5.85. The van der Waals surface area contributed by atoms with Gasteiger partial charge in [-0.2, -0.15) is 0 Å². The van der Waals surface area contributed by atoms with Crippen molar-refractivity contribution in [3.8, 4) is 0 Å². The lowest BCUT2D eigenvalue weighted by atomic mass is 9.43. The maximum absolute atomic E-state index is 13.5. The van der Waals surface area contributed by atoms with Crippen LogP contribution in [0.1, 0.15) is 78.6 Å². The van der Waals surface area contributed by atoms with Crippen molar-refractivity contribution >= 4 is 11.6 Å². The first-order chi connectivity index (χ1) is 15.6. The fourth-order valence-corrected chi connectivity index (χ4v) is 9.15. The molecule has 0 aromatic carbocycles. The van der Waals surface area contributed by atoms with Gasteiger partial charge in [-0.15, -0.1) is 10.6 Å². The molecule has 5 rings (SSSR count). The summed E-state index contributed by atoms with van der Waals surface area (Å²) in [5.41, 5.74) is 2.93. The Bertz CT molecular complexity index is 815. The number of Topliss-reactive ketones (excluding diaryl/α,β-unsaturated/α-hetero) is 1. The first-order valence-corrected chi connectivity index (χ1v) is 13.2. The molecule has 7 nitrogen and oxygen atoms in total. The molecule has 0 aromatic heterocycles. The van der Waals surface area contributed by atoms with Gasteiger partial charge >= 0.3 is 0 Å². The lowest BCUT2D eigenvalue weighted by molar-refractivity contribution is -0.175. The number of hydrogen-bond acceptors (Lipinski definition) is 7. The van der Waals surface area contributed by atoms with Gasteiger partial charge in [0.2, 0.25) is 0 Å². The van der Waals surface area contributed by atoms with Gasteiger partial charge in [0.1, 0.15) is 12.4 Å². The van der Waals surface area contributed by atoms with Crippen molar-refractivity contribution in [3.63, 3.8) is 0 Å². The topological polar surface area (TPSA) is 77.4 Å². The predicted molar refractivity (Wildman–Crippen MR) is 128 cm³/mol. The number of carbonyl (C=O) groups is 1. The smallest absolute Gasteiger partial charge is 0.159 e. The van der Waals surface area contributed by atoms with Crippen LogP contribution in [0.2, 0.25) is 0 Å². The third kappa shape index (κ3) is 3.73. The average molecular weight is 461 g/mol. The number of aliphatic hydroxyl groups is 1. The Balaban J connectivity index is 1.34. The summed E-state index contributed by atoms with van der Waals surface area (Å²) in [6.07, 6.45) is 9.86. The van der Waals surface area contributed by atoms with Gasteiger partial charge in [0.25, 0.3) is 0 Å². The minimum Gasteiger partial charge on any atom is -0.390 e. The zero-order valence-corrected chi connectivity index (χ0v) is 21.3. The van der Waals surface area contributed by atoms with E-state index < -0.39 is 5.60 Å². The highest BCUT2D eigenvalue weighted by Gasteiger charge is 2.63. The van der Waals surface area contributed by atoms with E-state index in [2.05, 4.69) is 17.6 Å². The van der Waals surface area contributed by atoms with E-state index in [1.54, 1.807) is 5.12 Å². The highest BCUT2D eigenvalue weighted by Crippen LogP contribution is 2.68. The fraction of sp³-hybridized carbons (Fsp3) is 0.923. The molecule has 0 spiro atoms. The molecular formula is C26H44N4O3. The number of nitrogens with zero attached hydrogens (tertiary/aromatic N) is 3. The molecule has 5 aliphatic rings. The number of hydrazine groups is 2. The van der Waals surface area contributed by atoms with E-state index in [0.29, 0.717) is 36.0 Å². The number of nitrogens with one attached hydrogen (secondary N) is 1. The molecule has 7 heteroatoms. The molecule has 0 bridgehead atoms. The van der Waals surface area contributed by atoms with E-state index in [-0.39, 0.29) is 16.7 Å². The van der Waals surface area contributed by atoms with Gasteiger partial charge in [-0.3, -0.25) is 9.80 Å². The van der Waals surface area contributed by atoms with Crippen LogP contribution in [0.15, 0.2) is 5.10 Å². The Morgan fingerprint density at radius 3 is 2.64 bits per heavy atom. The summed E-state index contributed by atoms with van der Waals surface area (Å²) in [5.74, 6) is 3.89. The molecule has 4 saturated carbocycles. The average Bonchev–Trinajstić information content (AvgIpc) is 3.26. The second-order valence-electron chi connectivity index (χ2n) is 12.5. The molecule has 4 fully saturated rings. The molecule has 33 heavy (non-hydrogen) atoms. The van der Waals surface area contributed by atoms with Crippen LogP contribution in [0.25, 0.3) is 0 Å². The molecule has 0 aromatic rings. The molecule has 1 aliphatic heterocycles. The summed E-state index contributed by atoms with van der Waals surface area (Å²) in [6.45, 7) is 7.56. The number of ketones is 1.